The first-order chi connectivity index (χ1) is 17.1. The Morgan fingerprint density at radius 2 is 2.03 bits per heavy atom. The predicted molar refractivity (Wildman–Crippen MR) is 132 cm³/mol. The maximum atomic E-state index is 13.5. The van der Waals surface area contributed by atoms with E-state index < -0.39 is 22.0 Å². The van der Waals surface area contributed by atoms with Crippen molar-refractivity contribution in [1.82, 2.24) is 29.1 Å². The van der Waals surface area contributed by atoms with Gasteiger partial charge in [-0.1, -0.05) is 11.6 Å². The Balaban J connectivity index is 1.44. The molecule has 0 aliphatic carbocycles. The Hall–Kier alpha value is -3.48. The van der Waals surface area contributed by atoms with Gasteiger partial charge in [-0.05, 0) is 36.4 Å². The molecule has 1 atom stereocenters. The number of carbonyl (C=O) groups is 2. The Bertz CT molecular complexity index is 1550. The molecule has 0 radical (unpaired) electrons. The number of sulfonamides is 1. The van der Waals surface area contributed by atoms with Crippen LogP contribution in [0.4, 0.5) is 0 Å². The van der Waals surface area contributed by atoms with Crippen LogP contribution >= 0.6 is 11.6 Å². The molecule has 1 fully saturated rings. The molecule has 3 aromatic heterocycles. The zero-order chi connectivity index (χ0) is 25.6. The first kappa shape index (κ1) is 24.2. The predicted octanol–water partition coefficient (Wildman–Crippen LogP) is 2.35. The smallest absolute Gasteiger partial charge is 0.310 e. The molecule has 5 rings (SSSR count). The van der Waals surface area contributed by atoms with Gasteiger partial charge in [-0.2, -0.15) is 9.29 Å². The number of oxazole rings is 1. The minimum atomic E-state index is -3.94. The highest BCUT2D eigenvalue weighted by molar-refractivity contribution is 7.89. The maximum absolute atomic E-state index is 13.5. The summed E-state index contributed by atoms with van der Waals surface area (Å²) in [7, 11) is -0.727. The van der Waals surface area contributed by atoms with Crippen molar-refractivity contribution in [2.45, 2.75) is 17.5 Å². The van der Waals surface area contributed by atoms with E-state index in [-0.39, 0.29) is 42.9 Å². The fourth-order valence-electron chi connectivity index (χ4n) is 4.21. The van der Waals surface area contributed by atoms with E-state index >= 15 is 0 Å². The van der Waals surface area contributed by atoms with Gasteiger partial charge in [0.25, 0.3) is 15.9 Å². The van der Waals surface area contributed by atoms with Gasteiger partial charge < -0.3 is 19.2 Å². The van der Waals surface area contributed by atoms with E-state index in [4.69, 9.17) is 16.0 Å². The number of pyridine rings is 1. The molecular formula is C23H23ClN6O5S. The Morgan fingerprint density at radius 3 is 2.78 bits per heavy atom. The van der Waals surface area contributed by atoms with Crippen molar-refractivity contribution >= 4 is 55.6 Å². The molecule has 0 bridgehead atoms. The number of nitrogens with zero attached hydrogens (tertiary/aromatic N) is 5. The molecule has 0 saturated carbocycles. The van der Waals surface area contributed by atoms with Crippen molar-refractivity contribution in [3.8, 4) is 0 Å². The number of piperazine rings is 1. The number of amides is 2. The number of aromatic amines is 1. The monoisotopic (exact) mass is 530 g/mol. The van der Waals surface area contributed by atoms with Gasteiger partial charge in [0, 0.05) is 62.3 Å². The van der Waals surface area contributed by atoms with E-state index in [0.717, 1.165) is 0 Å². The van der Waals surface area contributed by atoms with E-state index in [1.165, 1.54) is 20.2 Å². The Morgan fingerprint density at radius 1 is 1.22 bits per heavy atom. The van der Waals surface area contributed by atoms with E-state index in [0.29, 0.717) is 27.2 Å². The lowest BCUT2D eigenvalue weighted by atomic mass is 10.1. The number of halogens is 1. The van der Waals surface area contributed by atoms with Crippen LogP contribution in [0, 0.1) is 0 Å². The van der Waals surface area contributed by atoms with E-state index in [9.17, 15) is 18.0 Å². The normalized spacial score (nSPS) is 17.1. The van der Waals surface area contributed by atoms with Crippen molar-refractivity contribution in [3.05, 3.63) is 53.5 Å². The lowest BCUT2D eigenvalue weighted by Crippen LogP contribution is -2.57. The number of aromatic nitrogens is 3. The fraction of sp³-hybridized carbons (Fsp3) is 0.304. The third-order valence-corrected chi connectivity index (χ3v) is 8.16. The molecule has 11 nitrogen and oxygen atoms in total. The molecule has 1 unspecified atom stereocenters. The van der Waals surface area contributed by atoms with Crippen LogP contribution in [-0.4, -0.2) is 89.1 Å². The molecule has 0 spiro atoms. The van der Waals surface area contributed by atoms with Gasteiger partial charge >= 0.3 is 5.91 Å². The average molecular weight is 531 g/mol. The summed E-state index contributed by atoms with van der Waals surface area (Å²) in [5, 5.41) is 1.18. The summed E-state index contributed by atoms with van der Waals surface area (Å²) in [6.45, 7) is 0.0270. The molecule has 1 aliphatic rings. The molecule has 13 heteroatoms. The zero-order valence-corrected chi connectivity index (χ0v) is 21.1. The van der Waals surface area contributed by atoms with Gasteiger partial charge in [-0.25, -0.2) is 13.4 Å². The summed E-state index contributed by atoms with van der Waals surface area (Å²) < 4.78 is 33.9. The van der Waals surface area contributed by atoms with Crippen molar-refractivity contribution in [2.75, 3.05) is 33.7 Å². The first-order valence-corrected chi connectivity index (χ1v) is 13.0. The number of hydrogen-bond donors (Lipinski definition) is 1. The van der Waals surface area contributed by atoms with Crippen molar-refractivity contribution in [1.29, 1.82) is 0 Å². The molecule has 1 saturated heterocycles. The topological polar surface area (TPSA) is 133 Å². The molecule has 2 amide bonds. The van der Waals surface area contributed by atoms with E-state index in [1.54, 1.807) is 50.6 Å². The van der Waals surface area contributed by atoms with Gasteiger partial charge in [-0.3, -0.25) is 9.59 Å². The second-order valence-electron chi connectivity index (χ2n) is 8.72. The lowest BCUT2D eigenvalue weighted by Gasteiger charge is -2.40. The van der Waals surface area contributed by atoms with Gasteiger partial charge in [0.05, 0.1) is 6.04 Å². The minimum absolute atomic E-state index is 0.0160. The summed E-state index contributed by atoms with van der Waals surface area (Å²) >= 11 is 6.04. The summed E-state index contributed by atoms with van der Waals surface area (Å²) in [6.07, 6.45) is 1.48. The second-order valence-corrected chi connectivity index (χ2v) is 11.1. The molecule has 1 aromatic carbocycles. The van der Waals surface area contributed by atoms with Gasteiger partial charge in [-0.15, -0.1) is 0 Å². The molecule has 36 heavy (non-hydrogen) atoms. The Kier molecular flexibility index (Phi) is 6.18. The summed E-state index contributed by atoms with van der Waals surface area (Å²) in [4.78, 5) is 40.0. The summed E-state index contributed by atoms with van der Waals surface area (Å²) in [5.74, 6) is -0.923. The second kappa shape index (κ2) is 9.19. The van der Waals surface area contributed by atoms with Crippen LogP contribution in [0.1, 0.15) is 17.1 Å². The number of fused-ring (bicyclic) bond motifs is 2. The van der Waals surface area contributed by atoms with Crippen LogP contribution < -0.4 is 0 Å². The molecule has 4 heterocycles. The standard InChI is InChI=1S/C23H23ClN6O5S/c1-28(2)20(31)12-16-13-29(36(33,34)19-11-14-10-15(24)5-6-17(14)26-19)8-9-30(16)23(32)22-27-21-18(35-22)4-3-7-25-21/h3-7,10-11,16,26H,8-9,12-13H2,1-2H3. The molecule has 4 aromatic rings. The quantitative estimate of drug-likeness (QED) is 0.418. The zero-order valence-electron chi connectivity index (χ0n) is 19.5. The summed E-state index contributed by atoms with van der Waals surface area (Å²) in [5.41, 5.74) is 1.29. The maximum Gasteiger partial charge on any atom is 0.310 e. The number of H-pyrrole nitrogens is 1. The lowest BCUT2D eigenvalue weighted by molar-refractivity contribution is -0.130. The largest absolute Gasteiger partial charge is 0.431 e. The van der Waals surface area contributed by atoms with Crippen LogP contribution in [0.2, 0.25) is 5.02 Å². The Labute approximate surface area is 211 Å². The number of rotatable bonds is 5. The van der Waals surface area contributed by atoms with E-state index in [2.05, 4.69) is 15.0 Å². The van der Waals surface area contributed by atoms with Crippen LogP contribution in [-0.2, 0) is 14.8 Å². The van der Waals surface area contributed by atoms with Gasteiger partial charge in [0.15, 0.2) is 11.2 Å². The highest BCUT2D eigenvalue weighted by Gasteiger charge is 2.39. The first-order valence-electron chi connectivity index (χ1n) is 11.1. The third-order valence-electron chi connectivity index (χ3n) is 6.14. The van der Waals surface area contributed by atoms with Crippen LogP contribution in [0.3, 0.4) is 0 Å². The van der Waals surface area contributed by atoms with E-state index in [1.807, 2.05) is 0 Å². The SMILES string of the molecule is CN(C)C(=O)CC1CN(S(=O)(=O)c2cc3cc(Cl)ccc3[nH]2)CCN1C(=O)c1nc2ncccc2o1. The summed E-state index contributed by atoms with van der Waals surface area (Å²) in [6, 6.07) is 9.18. The molecular weight excluding hydrogens is 508 g/mol. The number of carbonyl (C=O) groups excluding carboxylic acids is 2. The third kappa shape index (κ3) is 4.43. The number of nitrogens with one attached hydrogen (secondary N) is 1. The fourth-order valence-corrected chi connectivity index (χ4v) is 5.87. The average Bonchev–Trinajstić information content (AvgIpc) is 3.48. The molecule has 1 aliphatic heterocycles. The molecule has 1 N–H and O–H groups in total. The van der Waals surface area contributed by atoms with Gasteiger partial charge in [0.1, 0.15) is 5.03 Å². The van der Waals surface area contributed by atoms with Crippen molar-refractivity contribution in [2.24, 2.45) is 0 Å². The number of benzene rings is 1. The van der Waals surface area contributed by atoms with Crippen molar-refractivity contribution < 1.29 is 22.4 Å². The van der Waals surface area contributed by atoms with Crippen LogP contribution in [0.15, 0.2) is 52.0 Å². The van der Waals surface area contributed by atoms with Crippen molar-refractivity contribution in [3.63, 3.8) is 0 Å². The highest BCUT2D eigenvalue weighted by Crippen LogP contribution is 2.27. The number of hydrogen-bond acceptors (Lipinski definition) is 7. The van der Waals surface area contributed by atoms with Crippen LogP contribution in [0.25, 0.3) is 22.1 Å². The van der Waals surface area contributed by atoms with Gasteiger partial charge in [0.2, 0.25) is 5.91 Å². The van der Waals surface area contributed by atoms with Crippen LogP contribution in [0.5, 0.6) is 0 Å². The minimum Gasteiger partial charge on any atom is -0.431 e. The molecule has 188 valence electrons. The highest BCUT2D eigenvalue weighted by atomic mass is 35.5.